The summed E-state index contributed by atoms with van der Waals surface area (Å²) in [5, 5.41) is 9.17. The molecule has 0 spiro atoms. The first-order valence-electron chi connectivity index (χ1n) is 7.06. The monoisotopic (exact) mass is 311 g/mol. The average molecular weight is 312 g/mol. The number of hydrogen-bond acceptors (Lipinski definition) is 3. The lowest BCUT2D eigenvalue weighted by molar-refractivity contribution is -0.122. The van der Waals surface area contributed by atoms with Crippen LogP contribution in [0.25, 0.3) is 0 Å². The van der Waals surface area contributed by atoms with Crippen molar-refractivity contribution in [2.45, 2.75) is 32.7 Å². The van der Waals surface area contributed by atoms with Crippen molar-refractivity contribution in [1.29, 1.82) is 0 Å². The van der Waals surface area contributed by atoms with Crippen molar-refractivity contribution >= 4 is 29.1 Å². The zero-order valence-corrected chi connectivity index (χ0v) is 13.2. The van der Waals surface area contributed by atoms with Crippen LogP contribution in [0.5, 0.6) is 0 Å². The molecule has 1 unspecified atom stereocenters. The van der Waals surface area contributed by atoms with Gasteiger partial charge in [-0.2, -0.15) is 0 Å². The lowest BCUT2D eigenvalue weighted by atomic mass is 10.2. The molecular formula is C15H22ClN3O2. The molecule has 1 aromatic rings. The number of halogens is 1. The lowest BCUT2D eigenvalue weighted by Crippen LogP contribution is -2.35. The molecule has 1 aromatic carbocycles. The van der Waals surface area contributed by atoms with E-state index in [0.29, 0.717) is 23.7 Å². The van der Waals surface area contributed by atoms with Gasteiger partial charge in [-0.3, -0.25) is 9.59 Å². The number of amides is 2. The Kier molecular flexibility index (Phi) is 7.79. The number of hydrogen-bond donors (Lipinski definition) is 3. The Morgan fingerprint density at radius 1 is 1.19 bits per heavy atom. The van der Waals surface area contributed by atoms with Crippen LogP contribution in [-0.4, -0.2) is 30.9 Å². The number of nitrogens with one attached hydrogen (secondary N) is 3. The van der Waals surface area contributed by atoms with Crippen LogP contribution >= 0.6 is 11.6 Å². The van der Waals surface area contributed by atoms with Crippen LogP contribution in [0.1, 0.15) is 26.7 Å². The van der Waals surface area contributed by atoms with E-state index in [2.05, 4.69) is 16.0 Å². The van der Waals surface area contributed by atoms with Crippen molar-refractivity contribution < 1.29 is 9.59 Å². The van der Waals surface area contributed by atoms with Gasteiger partial charge in [0.25, 0.3) is 0 Å². The fourth-order valence-electron chi connectivity index (χ4n) is 1.59. The summed E-state index contributed by atoms with van der Waals surface area (Å²) in [6, 6.07) is 7.08. The minimum atomic E-state index is -0.153. The third-order valence-corrected chi connectivity index (χ3v) is 3.21. The predicted molar refractivity (Wildman–Crippen MR) is 85.5 cm³/mol. The third-order valence-electron chi connectivity index (χ3n) is 2.96. The van der Waals surface area contributed by atoms with Crippen molar-refractivity contribution in [3.8, 4) is 0 Å². The van der Waals surface area contributed by atoms with Crippen molar-refractivity contribution in [3.05, 3.63) is 29.3 Å². The van der Waals surface area contributed by atoms with Gasteiger partial charge in [-0.1, -0.05) is 18.5 Å². The van der Waals surface area contributed by atoms with Gasteiger partial charge >= 0.3 is 0 Å². The summed E-state index contributed by atoms with van der Waals surface area (Å²) in [7, 11) is 0. The van der Waals surface area contributed by atoms with E-state index in [-0.39, 0.29) is 24.4 Å². The summed E-state index contributed by atoms with van der Waals surface area (Å²) in [6.45, 7) is 4.62. The van der Waals surface area contributed by atoms with E-state index in [0.717, 1.165) is 6.42 Å². The van der Waals surface area contributed by atoms with Gasteiger partial charge < -0.3 is 16.0 Å². The van der Waals surface area contributed by atoms with Gasteiger partial charge in [0.1, 0.15) is 0 Å². The molecule has 0 aliphatic carbocycles. The molecule has 0 radical (unpaired) electrons. The van der Waals surface area contributed by atoms with E-state index in [4.69, 9.17) is 11.6 Å². The normalized spacial score (nSPS) is 11.8. The molecule has 2 amide bonds. The Bertz CT molecular complexity index is 462. The van der Waals surface area contributed by atoms with Crippen molar-refractivity contribution in [1.82, 2.24) is 10.6 Å². The van der Waals surface area contributed by atoms with E-state index in [1.165, 1.54) is 0 Å². The van der Waals surface area contributed by atoms with Gasteiger partial charge in [0.2, 0.25) is 11.8 Å². The molecule has 21 heavy (non-hydrogen) atoms. The first-order chi connectivity index (χ1) is 10.0. The van der Waals surface area contributed by atoms with Crippen LogP contribution in [0, 0.1) is 0 Å². The maximum Gasteiger partial charge on any atom is 0.238 e. The van der Waals surface area contributed by atoms with Gasteiger partial charge in [0.15, 0.2) is 0 Å². The molecule has 0 aromatic heterocycles. The van der Waals surface area contributed by atoms with Crippen LogP contribution in [-0.2, 0) is 9.59 Å². The number of anilines is 1. The molecule has 116 valence electrons. The predicted octanol–water partition coefficient (Wildman–Crippen LogP) is 2.17. The number of benzene rings is 1. The summed E-state index contributed by atoms with van der Waals surface area (Å²) in [4.78, 5) is 23.2. The minimum absolute atomic E-state index is 0.00467. The van der Waals surface area contributed by atoms with Gasteiger partial charge in [0, 0.05) is 29.7 Å². The first kappa shape index (κ1) is 17.5. The maximum absolute atomic E-state index is 11.7. The smallest absolute Gasteiger partial charge is 0.238 e. The molecule has 1 rings (SSSR count). The van der Waals surface area contributed by atoms with Gasteiger partial charge in [-0.15, -0.1) is 0 Å². The SMILES string of the molecule is CCC(C)NC(=O)CCNCC(=O)Nc1ccc(Cl)cc1. The first-order valence-corrected chi connectivity index (χ1v) is 7.44. The van der Waals surface area contributed by atoms with Gasteiger partial charge in [-0.05, 0) is 37.6 Å². The summed E-state index contributed by atoms with van der Waals surface area (Å²) in [6.07, 6.45) is 1.27. The molecular weight excluding hydrogens is 290 g/mol. The number of carbonyl (C=O) groups is 2. The second kappa shape index (κ2) is 9.37. The van der Waals surface area contributed by atoms with Gasteiger partial charge in [0.05, 0.1) is 6.54 Å². The van der Waals surface area contributed by atoms with E-state index in [9.17, 15) is 9.59 Å². The Hall–Kier alpha value is -1.59. The third kappa shape index (κ3) is 7.68. The van der Waals surface area contributed by atoms with Crippen LogP contribution in [0.3, 0.4) is 0 Å². The highest BCUT2D eigenvalue weighted by molar-refractivity contribution is 6.30. The van der Waals surface area contributed by atoms with Crippen LogP contribution in [0.15, 0.2) is 24.3 Å². The Morgan fingerprint density at radius 3 is 2.48 bits per heavy atom. The van der Waals surface area contributed by atoms with E-state index in [1.807, 2.05) is 13.8 Å². The van der Waals surface area contributed by atoms with E-state index >= 15 is 0 Å². The topological polar surface area (TPSA) is 70.2 Å². The van der Waals surface area contributed by atoms with E-state index in [1.54, 1.807) is 24.3 Å². The zero-order chi connectivity index (χ0) is 15.7. The molecule has 0 heterocycles. The van der Waals surface area contributed by atoms with Crippen molar-refractivity contribution in [3.63, 3.8) is 0 Å². The standard InChI is InChI=1S/C15H22ClN3O2/c1-3-11(2)18-14(20)8-9-17-10-15(21)19-13-6-4-12(16)5-7-13/h4-7,11,17H,3,8-10H2,1-2H3,(H,18,20)(H,19,21). The summed E-state index contributed by atoms with van der Waals surface area (Å²) < 4.78 is 0. The largest absolute Gasteiger partial charge is 0.354 e. The highest BCUT2D eigenvalue weighted by Crippen LogP contribution is 2.12. The van der Waals surface area contributed by atoms with Crippen molar-refractivity contribution in [2.75, 3.05) is 18.4 Å². The lowest BCUT2D eigenvalue weighted by Gasteiger charge is -2.11. The van der Waals surface area contributed by atoms with Gasteiger partial charge in [-0.25, -0.2) is 0 Å². The molecule has 0 bridgehead atoms. The van der Waals surface area contributed by atoms with Crippen molar-refractivity contribution in [2.24, 2.45) is 0 Å². The minimum Gasteiger partial charge on any atom is -0.354 e. The molecule has 1 atom stereocenters. The molecule has 0 fully saturated rings. The Morgan fingerprint density at radius 2 is 1.86 bits per heavy atom. The molecule has 0 aliphatic rings. The summed E-state index contributed by atoms with van der Waals surface area (Å²) in [5.41, 5.74) is 0.695. The van der Waals surface area contributed by atoms with Crippen LogP contribution in [0.2, 0.25) is 5.02 Å². The number of rotatable bonds is 8. The Labute approximate surface area is 130 Å². The fraction of sp³-hybridized carbons (Fsp3) is 0.467. The van der Waals surface area contributed by atoms with E-state index < -0.39 is 0 Å². The molecule has 6 heteroatoms. The molecule has 0 aliphatic heterocycles. The van der Waals surface area contributed by atoms with Crippen LogP contribution in [0.4, 0.5) is 5.69 Å². The quantitative estimate of drug-likeness (QED) is 0.644. The second-order valence-corrected chi connectivity index (χ2v) is 5.30. The Balaban J connectivity index is 2.16. The average Bonchev–Trinajstić information content (AvgIpc) is 2.46. The molecule has 3 N–H and O–H groups in total. The summed E-state index contributed by atoms with van der Waals surface area (Å²) in [5.74, 6) is -0.158. The molecule has 0 saturated heterocycles. The highest BCUT2D eigenvalue weighted by Gasteiger charge is 2.06. The second-order valence-electron chi connectivity index (χ2n) is 4.86. The number of carbonyl (C=O) groups excluding carboxylic acids is 2. The maximum atomic E-state index is 11.7. The summed E-state index contributed by atoms with van der Waals surface area (Å²) >= 11 is 5.76. The highest BCUT2D eigenvalue weighted by atomic mass is 35.5. The molecule has 5 nitrogen and oxygen atoms in total. The van der Waals surface area contributed by atoms with Crippen LogP contribution < -0.4 is 16.0 Å². The fourth-order valence-corrected chi connectivity index (χ4v) is 1.72. The molecule has 0 saturated carbocycles. The zero-order valence-electron chi connectivity index (χ0n) is 12.4.